The van der Waals surface area contributed by atoms with Gasteiger partial charge in [-0.25, -0.2) is 23.5 Å². The van der Waals surface area contributed by atoms with Gasteiger partial charge in [0.15, 0.2) is 0 Å². The molecular weight excluding hydrogens is 612 g/mol. The molecule has 0 radical (unpaired) electrons. The lowest BCUT2D eigenvalue weighted by atomic mass is 9.94. The molecule has 248 valence electrons. The fourth-order valence-electron chi connectivity index (χ4n) is 5.62. The molecule has 2 aliphatic heterocycles. The number of alkyl halides is 2. The second-order valence-electron chi connectivity index (χ2n) is 12.6. The maximum atomic E-state index is 14.8. The van der Waals surface area contributed by atoms with Gasteiger partial charge in [0.1, 0.15) is 17.2 Å². The van der Waals surface area contributed by atoms with Crippen molar-refractivity contribution in [3.05, 3.63) is 59.2 Å². The number of aromatic nitrogens is 4. The van der Waals surface area contributed by atoms with Crippen molar-refractivity contribution in [1.82, 2.24) is 30.3 Å². The molecular formula is C30H36F4N8O4. The summed E-state index contributed by atoms with van der Waals surface area (Å²) in [7, 11) is 1.67. The Balaban J connectivity index is 1.23. The Morgan fingerprint density at radius 1 is 1.04 bits per heavy atom. The number of hydrogen-bond donors (Lipinski definition) is 1. The number of amides is 2. The van der Waals surface area contributed by atoms with E-state index in [0.717, 1.165) is 18.2 Å². The summed E-state index contributed by atoms with van der Waals surface area (Å²) in [5.41, 5.74) is -0.410. The average Bonchev–Trinajstić information content (AvgIpc) is 3.65. The van der Waals surface area contributed by atoms with Gasteiger partial charge in [-0.05, 0) is 57.4 Å². The highest BCUT2D eigenvalue weighted by Gasteiger charge is 2.39. The van der Waals surface area contributed by atoms with Gasteiger partial charge in [-0.15, -0.1) is 0 Å². The first-order valence-corrected chi connectivity index (χ1v) is 14.8. The predicted octanol–water partition coefficient (Wildman–Crippen LogP) is 4.49. The third-order valence-electron chi connectivity index (χ3n) is 7.96. The average molecular weight is 649 g/mol. The number of nitrogens with zero attached hydrogens (tertiary/aromatic N) is 7. The SMILES string of the molecule is CN(C(=O)c1cnc(N2CC(NC(=O)OC(C)(C)C)C(c3cc(F)ccc3F)C2)nc1)C1CCN(c2nc(C(C)(F)F)no2)CC1. The third kappa shape index (κ3) is 7.48. The Morgan fingerprint density at radius 2 is 1.72 bits per heavy atom. The molecule has 12 nitrogen and oxygen atoms in total. The number of carbonyl (C=O) groups excluding carboxylic acids is 2. The summed E-state index contributed by atoms with van der Waals surface area (Å²) >= 11 is 0. The van der Waals surface area contributed by atoms with E-state index in [9.17, 15) is 27.2 Å². The number of hydrogen-bond acceptors (Lipinski definition) is 10. The molecule has 2 unspecified atom stereocenters. The zero-order chi connectivity index (χ0) is 33.4. The number of rotatable bonds is 7. The zero-order valence-corrected chi connectivity index (χ0v) is 26.1. The highest BCUT2D eigenvalue weighted by Crippen LogP contribution is 2.33. The highest BCUT2D eigenvalue weighted by atomic mass is 19.3. The van der Waals surface area contributed by atoms with Crippen LogP contribution in [0.1, 0.15) is 68.2 Å². The predicted molar refractivity (Wildman–Crippen MR) is 158 cm³/mol. The van der Waals surface area contributed by atoms with E-state index in [1.807, 2.05) is 0 Å². The van der Waals surface area contributed by atoms with E-state index in [0.29, 0.717) is 32.9 Å². The molecule has 5 rings (SSSR count). The second kappa shape index (κ2) is 12.7. The van der Waals surface area contributed by atoms with Gasteiger partial charge in [0.25, 0.3) is 5.91 Å². The first kappa shape index (κ1) is 32.9. The van der Waals surface area contributed by atoms with Crippen molar-refractivity contribution in [3.63, 3.8) is 0 Å². The topological polar surface area (TPSA) is 130 Å². The lowest BCUT2D eigenvalue weighted by Gasteiger charge is -2.35. The van der Waals surface area contributed by atoms with Crippen LogP contribution < -0.4 is 15.1 Å². The molecule has 46 heavy (non-hydrogen) atoms. The Hall–Kier alpha value is -4.50. The Labute approximate surface area is 263 Å². The summed E-state index contributed by atoms with van der Waals surface area (Å²) in [5.74, 6) is -5.79. The van der Waals surface area contributed by atoms with Crippen LogP contribution >= 0.6 is 0 Å². The van der Waals surface area contributed by atoms with Crippen molar-refractivity contribution >= 4 is 24.0 Å². The Kier molecular flexibility index (Phi) is 9.09. The molecule has 0 bridgehead atoms. The summed E-state index contributed by atoms with van der Waals surface area (Å²) in [6.07, 6.45) is 3.18. The van der Waals surface area contributed by atoms with Crippen LogP contribution in [0, 0.1) is 11.6 Å². The van der Waals surface area contributed by atoms with Gasteiger partial charge in [-0.3, -0.25) is 4.79 Å². The Bertz CT molecular complexity index is 1550. The van der Waals surface area contributed by atoms with Crippen LogP contribution in [0.15, 0.2) is 35.1 Å². The van der Waals surface area contributed by atoms with Crippen molar-refractivity contribution in [2.24, 2.45) is 0 Å². The fraction of sp³-hybridized carbons (Fsp3) is 0.533. The van der Waals surface area contributed by atoms with E-state index < -0.39 is 47.0 Å². The number of carbonyl (C=O) groups is 2. The van der Waals surface area contributed by atoms with Crippen LogP contribution in [0.2, 0.25) is 0 Å². The molecule has 1 aromatic carbocycles. The van der Waals surface area contributed by atoms with Crippen LogP contribution in [0.25, 0.3) is 0 Å². The Morgan fingerprint density at radius 3 is 2.33 bits per heavy atom. The van der Waals surface area contributed by atoms with E-state index in [-0.39, 0.29) is 48.1 Å². The van der Waals surface area contributed by atoms with Gasteiger partial charge >= 0.3 is 18.0 Å². The molecule has 2 saturated heterocycles. The number of nitrogens with one attached hydrogen (secondary N) is 1. The number of piperidine rings is 1. The first-order valence-electron chi connectivity index (χ1n) is 14.8. The quantitative estimate of drug-likeness (QED) is 0.366. The minimum absolute atomic E-state index is 0.0146. The molecule has 2 aliphatic rings. The van der Waals surface area contributed by atoms with Crippen molar-refractivity contribution in [2.45, 2.75) is 70.1 Å². The van der Waals surface area contributed by atoms with E-state index in [2.05, 4.69) is 25.4 Å². The minimum atomic E-state index is -3.21. The maximum Gasteiger partial charge on any atom is 0.407 e. The van der Waals surface area contributed by atoms with E-state index in [4.69, 9.17) is 9.26 Å². The van der Waals surface area contributed by atoms with Gasteiger partial charge < -0.3 is 29.3 Å². The summed E-state index contributed by atoms with van der Waals surface area (Å²) in [4.78, 5) is 43.5. The van der Waals surface area contributed by atoms with Gasteiger partial charge in [-0.1, -0.05) is 5.16 Å². The molecule has 16 heteroatoms. The molecule has 2 atom stereocenters. The zero-order valence-electron chi connectivity index (χ0n) is 26.1. The van der Waals surface area contributed by atoms with Crippen LogP contribution in [-0.2, 0) is 10.7 Å². The van der Waals surface area contributed by atoms with Crippen molar-refractivity contribution in [1.29, 1.82) is 0 Å². The minimum Gasteiger partial charge on any atom is -0.444 e. The molecule has 0 saturated carbocycles. The van der Waals surface area contributed by atoms with Crippen LogP contribution in [0.3, 0.4) is 0 Å². The standard InChI is InChI=1S/C30H36F4N8O4/c1-29(2,3)45-28(44)37-23-16-42(15-21(23)20-12-18(31)6-7-22(20)32)26-35-13-17(14-36-26)24(43)40(5)19-8-10-41(11-9-19)27-38-25(39-46-27)30(4,33)34/h6-7,12-14,19,21,23H,8-11,15-16H2,1-5H3,(H,37,44). The largest absolute Gasteiger partial charge is 0.444 e. The molecule has 0 aliphatic carbocycles. The number of halogens is 4. The van der Waals surface area contributed by atoms with Crippen molar-refractivity contribution < 1.29 is 36.4 Å². The molecule has 3 aromatic rings. The fourth-order valence-corrected chi connectivity index (χ4v) is 5.62. The highest BCUT2D eigenvalue weighted by molar-refractivity contribution is 5.93. The lowest BCUT2D eigenvalue weighted by Crippen LogP contribution is -2.45. The second-order valence-corrected chi connectivity index (χ2v) is 12.6. The number of ether oxygens (including phenoxy) is 1. The smallest absolute Gasteiger partial charge is 0.407 e. The normalized spacial score (nSPS) is 19.3. The van der Waals surface area contributed by atoms with Crippen LogP contribution in [0.4, 0.5) is 34.3 Å². The van der Waals surface area contributed by atoms with Gasteiger partial charge in [-0.2, -0.15) is 13.8 Å². The molecule has 1 N–H and O–H groups in total. The number of anilines is 2. The van der Waals surface area contributed by atoms with Gasteiger partial charge in [0, 0.05) is 64.5 Å². The first-order chi connectivity index (χ1) is 21.6. The molecule has 0 spiro atoms. The summed E-state index contributed by atoms with van der Waals surface area (Å²) in [6.45, 7) is 7.06. The monoisotopic (exact) mass is 648 g/mol. The van der Waals surface area contributed by atoms with E-state index in [1.165, 1.54) is 12.4 Å². The molecule has 2 aromatic heterocycles. The van der Waals surface area contributed by atoms with Gasteiger partial charge in [0.05, 0.1) is 11.6 Å². The van der Waals surface area contributed by atoms with E-state index in [1.54, 1.807) is 42.5 Å². The molecule has 2 amide bonds. The number of benzene rings is 1. The van der Waals surface area contributed by atoms with Crippen molar-refractivity contribution in [3.8, 4) is 0 Å². The van der Waals surface area contributed by atoms with Crippen molar-refractivity contribution in [2.75, 3.05) is 43.0 Å². The molecule has 4 heterocycles. The summed E-state index contributed by atoms with van der Waals surface area (Å²) in [5, 5.41) is 6.14. The van der Waals surface area contributed by atoms with E-state index >= 15 is 0 Å². The molecule has 2 fully saturated rings. The summed E-state index contributed by atoms with van der Waals surface area (Å²) in [6, 6.07) is 2.41. The summed E-state index contributed by atoms with van der Waals surface area (Å²) < 4.78 is 66.3. The third-order valence-corrected chi connectivity index (χ3v) is 7.96. The number of alkyl carbamates (subject to hydrolysis) is 1. The maximum absolute atomic E-state index is 14.8. The lowest BCUT2D eigenvalue weighted by molar-refractivity contribution is 0.00557. The van der Waals surface area contributed by atoms with Gasteiger partial charge in [0.2, 0.25) is 11.8 Å². The van der Waals surface area contributed by atoms with Crippen LogP contribution in [-0.4, -0.2) is 87.9 Å². The van der Waals surface area contributed by atoms with Crippen LogP contribution in [0.5, 0.6) is 0 Å².